The van der Waals surface area contributed by atoms with Crippen molar-refractivity contribution in [1.29, 1.82) is 0 Å². The van der Waals surface area contributed by atoms with Crippen LogP contribution in [0.5, 0.6) is 0 Å². The first-order chi connectivity index (χ1) is 8.78. The number of rotatable bonds is 6. The van der Waals surface area contributed by atoms with E-state index in [1.54, 1.807) is 0 Å². The van der Waals surface area contributed by atoms with Gasteiger partial charge in [-0.05, 0) is 44.4 Å². The van der Waals surface area contributed by atoms with Gasteiger partial charge in [0.05, 0.1) is 6.10 Å². The molecule has 108 valence electrons. The highest BCUT2D eigenvalue weighted by Crippen LogP contribution is 2.22. The molecule has 1 rings (SSSR count). The van der Waals surface area contributed by atoms with Gasteiger partial charge in [0.1, 0.15) is 0 Å². The summed E-state index contributed by atoms with van der Waals surface area (Å²) in [6, 6.07) is 8.36. The Morgan fingerprint density at radius 2 is 1.95 bits per heavy atom. The lowest BCUT2D eigenvalue weighted by Gasteiger charge is -2.26. The molecule has 1 aromatic rings. The third-order valence-corrected chi connectivity index (χ3v) is 3.16. The number of hydrogen-bond acceptors (Lipinski definition) is 2. The summed E-state index contributed by atoms with van der Waals surface area (Å²) in [4.78, 5) is 0. The lowest BCUT2D eigenvalue weighted by molar-refractivity contribution is 0.0315. The van der Waals surface area contributed by atoms with Gasteiger partial charge in [-0.3, -0.25) is 0 Å². The van der Waals surface area contributed by atoms with E-state index >= 15 is 0 Å². The average molecular weight is 328 g/mol. The van der Waals surface area contributed by atoms with Gasteiger partial charge in [-0.2, -0.15) is 0 Å². The molecule has 3 heteroatoms. The summed E-state index contributed by atoms with van der Waals surface area (Å²) in [5.74, 6) is 0.546. The standard InChI is InChI=1S/C16H26BrNO/c1-12(2)11-19-15(10-18-16(3,4)5)13-7-6-8-14(17)9-13/h6-9,12,15,18H,10-11H2,1-5H3. The van der Waals surface area contributed by atoms with Gasteiger partial charge in [0.25, 0.3) is 0 Å². The Morgan fingerprint density at radius 3 is 2.47 bits per heavy atom. The van der Waals surface area contributed by atoms with E-state index in [1.165, 1.54) is 5.56 Å². The maximum atomic E-state index is 6.06. The van der Waals surface area contributed by atoms with Crippen molar-refractivity contribution < 1.29 is 4.74 Å². The summed E-state index contributed by atoms with van der Waals surface area (Å²) >= 11 is 3.53. The molecule has 0 amide bonds. The van der Waals surface area contributed by atoms with Gasteiger partial charge in [0.15, 0.2) is 0 Å². The molecule has 19 heavy (non-hydrogen) atoms. The average Bonchev–Trinajstić information content (AvgIpc) is 2.27. The first-order valence-corrected chi connectivity index (χ1v) is 7.69. The minimum Gasteiger partial charge on any atom is -0.372 e. The maximum Gasteiger partial charge on any atom is 0.0949 e. The van der Waals surface area contributed by atoms with Gasteiger partial charge >= 0.3 is 0 Å². The van der Waals surface area contributed by atoms with Crippen LogP contribution in [-0.4, -0.2) is 18.7 Å². The topological polar surface area (TPSA) is 21.3 Å². The molecule has 0 aromatic heterocycles. The van der Waals surface area contributed by atoms with Crippen molar-refractivity contribution in [3.05, 3.63) is 34.3 Å². The van der Waals surface area contributed by atoms with Crippen LogP contribution in [0, 0.1) is 5.92 Å². The number of nitrogens with one attached hydrogen (secondary N) is 1. The Morgan fingerprint density at radius 1 is 1.26 bits per heavy atom. The van der Waals surface area contributed by atoms with Gasteiger partial charge in [0.2, 0.25) is 0 Å². The Balaban J connectivity index is 2.73. The van der Waals surface area contributed by atoms with Crippen molar-refractivity contribution in [2.75, 3.05) is 13.2 Å². The molecule has 0 bridgehead atoms. The van der Waals surface area contributed by atoms with Gasteiger partial charge in [-0.1, -0.05) is 41.9 Å². The molecular weight excluding hydrogens is 302 g/mol. The predicted molar refractivity (Wildman–Crippen MR) is 85.4 cm³/mol. The second-order valence-electron chi connectivity index (χ2n) is 6.40. The molecule has 0 aliphatic rings. The van der Waals surface area contributed by atoms with Crippen molar-refractivity contribution in [3.63, 3.8) is 0 Å². The molecule has 2 nitrogen and oxygen atoms in total. The minimum absolute atomic E-state index is 0.0964. The smallest absolute Gasteiger partial charge is 0.0949 e. The zero-order valence-corrected chi connectivity index (χ0v) is 14.3. The third-order valence-electron chi connectivity index (χ3n) is 2.67. The number of halogens is 1. The zero-order valence-electron chi connectivity index (χ0n) is 12.7. The van der Waals surface area contributed by atoms with Crippen LogP contribution >= 0.6 is 15.9 Å². The molecule has 0 aliphatic carbocycles. The van der Waals surface area contributed by atoms with E-state index in [0.29, 0.717) is 5.92 Å². The van der Waals surface area contributed by atoms with Crippen molar-refractivity contribution >= 4 is 15.9 Å². The van der Waals surface area contributed by atoms with Crippen LogP contribution in [0.4, 0.5) is 0 Å². The highest BCUT2D eigenvalue weighted by molar-refractivity contribution is 9.10. The molecule has 1 atom stereocenters. The molecular formula is C16H26BrNO. The number of benzene rings is 1. The van der Waals surface area contributed by atoms with E-state index < -0.39 is 0 Å². The lowest BCUT2D eigenvalue weighted by Crippen LogP contribution is -2.39. The van der Waals surface area contributed by atoms with Gasteiger partial charge in [-0.25, -0.2) is 0 Å². The SMILES string of the molecule is CC(C)COC(CNC(C)(C)C)c1cccc(Br)c1. The molecule has 0 aliphatic heterocycles. The molecule has 1 unspecified atom stereocenters. The van der Waals surface area contributed by atoms with Crippen LogP contribution in [0.25, 0.3) is 0 Å². The fraction of sp³-hybridized carbons (Fsp3) is 0.625. The van der Waals surface area contributed by atoms with Gasteiger partial charge < -0.3 is 10.1 Å². The summed E-state index contributed by atoms with van der Waals surface area (Å²) in [7, 11) is 0. The van der Waals surface area contributed by atoms with E-state index in [2.05, 4.69) is 74.1 Å². The van der Waals surface area contributed by atoms with Gasteiger partial charge in [0, 0.05) is 23.2 Å². The van der Waals surface area contributed by atoms with E-state index in [0.717, 1.165) is 17.6 Å². The molecule has 0 spiro atoms. The number of hydrogen-bond donors (Lipinski definition) is 1. The molecule has 0 radical (unpaired) electrons. The number of ether oxygens (including phenoxy) is 1. The highest BCUT2D eigenvalue weighted by atomic mass is 79.9. The Kier molecular flexibility index (Phi) is 6.51. The largest absolute Gasteiger partial charge is 0.372 e. The second kappa shape index (κ2) is 7.41. The van der Waals surface area contributed by atoms with Crippen LogP contribution in [0.3, 0.4) is 0 Å². The normalized spacial score (nSPS) is 13.8. The van der Waals surface area contributed by atoms with Crippen molar-refractivity contribution in [2.24, 2.45) is 5.92 Å². The summed E-state index contributed by atoms with van der Waals surface area (Å²) < 4.78 is 7.15. The van der Waals surface area contributed by atoms with Crippen molar-refractivity contribution in [1.82, 2.24) is 5.32 Å². The molecule has 0 saturated carbocycles. The zero-order chi connectivity index (χ0) is 14.5. The van der Waals surface area contributed by atoms with Crippen LogP contribution in [-0.2, 0) is 4.74 Å². The molecule has 1 aromatic carbocycles. The highest BCUT2D eigenvalue weighted by Gasteiger charge is 2.17. The van der Waals surface area contributed by atoms with E-state index in [-0.39, 0.29) is 11.6 Å². The minimum atomic E-state index is 0.0964. The van der Waals surface area contributed by atoms with Crippen LogP contribution in [0.2, 0.25) is 0 Å². The first-order valence-electron chi connectivity index (χ1n) is 6.90. The van der Waals surface area contributed by atoms with E-state index in [9.17, 15) is 0 Å². The monoisotopic (exact) mass is 327 g/mol. The van der Waals surface area contributed by atoms with Crippen LogP contribution in [0.1, 0.15) is 46.3 Å². The first kappa shape index (κ1) is 16.7. The third kappa shape index (κ3) is 7.09. The van der Waals surface area contributed by atoms with Crippen molar-refractivity contribution in [3.8, 4) is 0 Å². The Labute approximate surface area is 126 Å². The quantitative estimate of drug-likeness (QED) is 0.827. The van der Waals surface area contributed by atoms with Crippen LogP contribution in [0.15, 0.2) is 28.7 Å². The molecule has 0 saturated heterocycles. The van der Waals surface area contributed by atoms with E-state index in [4.69, 9.17) is 4.74 Å². The predicted octanol–water partition coefficient (Wildman–Crippen LogP) is 4.55. The summed E-state index contributed by atoms with van der Waals surface area (Å²) in [6.07, 6.45) is 0.0964. The Hall–Kier alpha value is -0.380. The van der Waals surface area contributed by atoms with E-state index in [1.807, 2.05) is 6.07 Å². The summed E-state index contributed by atoms with van der Waals surface area (Å²) in [5, 5.41) is 3.52. The fourth-order valence-corrected chi connectivity index (χ4v) is 2.10. The van der Waals surface area contributed by atoms with Gasteiger partial charge in [-0.15, -0.1) is 0 Å². The molecule has 1 N–H and O–H groups in total. The summed E-state index contributed by atoms with van der Waals surface area (Å²) in [5.41, 5.74) is 1.32. The van der Waals surface area contributed by atoms with Crippen LogP contribution < -0.4 is 5.32 Å². The van der Waals surface area contributed by atoms with Crippen molar-refractivity contribution in [2.45, 2.75) is 46.3 Å². The fourth-order valence-electron chi connectivity index (χ4n) is 1.69. The maximum absolute atomic E-state index is 6.06. The summed E-state index contributed by atoms with van der Waals surface area (Å²) in [6.45, 7) is 12.5. The second-order valence-corrected chi connectivity index (χ2v) is 7.32. The lowest BCUT2D eigenvalue weighted by atomic mass is 10.1. The molecule has 0 fully saturated rings. The Bertz CT molecular complexity index is 385. The molecule has 0 heterocycles.